The first kappa shape index (κ1) is 28.4. The molecule has 3 aliphatic rings. The number of para-hydroxylation sites is 1. The fraction of sp³-hybridized carbons (Fsp3) is 0.464. The van der Waals surface area contributed by atoms with Crippen LogP contribution in [-0.4, -0.2) is 71.9 Å². The molecule has 0 aromatic heterocycles. The molecule has 2 aliphatic heterocycles. The van der Waals surface area contributed by atoms with Gasteiger partial charge in [0.2, 0.25) is 11.8 Å². The van der Waals surface area contributed by atoms with Gasteiger partial charge < -0.3 is 25.5 Å². The molecule has 210 valence electrons. The number of nitrogens with zero attached hydrogens (tertiary/aromatic N) is 2. The minimum Gasteiger partial charge on any atom is -0.475 e. The Balaban J connectivity index is 0.000000448. The summed E-state index contributed by atoms with van der Waals surface area (Å²) in [6.07, 6.45) is -2.54. The average Bonchev–Trinajstić information content (AvgIpc) is 3.66. The van der Waals surface area contributed by atoms with Gasteiger partial charge in [0.05, 0.1) is 6.67 Å². The lowest BCUT2D eigenvalue weighted by molar-refractivity contribution is -0.192. The van der Waals surface area contributed by atoms with Crippen LogP contribution in [0.3, 0.4) is 0 Å². The number of likely N-dealkylation sites (tertiary alicyclic amines) is 1. The fourth-order valence-corrected chi connectivity index (χ4v) is 5.47. The van der Waals surface area contributed by atoms with E-state index >= 15 is 0 Å². The van der Waals surface area contributed by atoms with Gasteiger partial charge in [-0.3, -0.25) is 9.59 Å². The largest absolute Gasteiger partial charge is 0.490 e. The van der Waals surface area contributed by atoms with Crippen LogP contribution in [-0.2, 0) is 14.4 Å². The lowest BCUT2D eigenvalue weighted by atomic mass is 9.85. The SMILES string of the molecule is C[C@@H](CN1CCC2(CC1)C(=O)NCN2c1ccccc1)NC(=O)[C@@H]1C[C@H]1c1ccccc1.O=C(O)C(F)(F)F. The third kappa shape index (κ3) is 6.70. The summed E-state index contributed by atoms with van der Waals surface area (Å²) in [5.74, 6) is -1.98. The summed E-state index contributed by atoms with van der Waals surface area (Å²) in [6.45, 7) is 5.18. The quantitative estimate of drug-likeness (QED) is 0.514. The van der Waals surface area contributed by atoms with Crippen molar-refractivity contribution in [3.8, 4) is 0 Å². The van der Waals surface area contributed by atoms with Gasteiger partial charge in [0.1, 0.15) is 5.54 Å². The van der Waals surface area contributed by atoms with Crippen LogP contribution in [0.2, 0.25) is 0 Å². The summed E-state index contributed by atoms with van der Waals surface area (Å²) >= 11 is 0. The normalized spacial score (nSPS) is 22.9. The molecule has 8 nitrogen and oxygen atoms in total. The Morgan fingerprint density at radius 2 is 1.64 bits per heavy atom. The number of halogens is 3. The molecule has 2 aromatic rings. The zero-order chi connectivity index (χ0) is 28.2. The van der Waals surface area contributed by atoms with E-state index < -0.39 is 17.7 Å². The van der Waals surface area contributed by atoms with Crippen molar-refractivity contribution in [2.45, 2.75) is 49.9 Å². The number of benzene rings is 2. The first-order valence-corrected chi connectivity index (χ1v) is 13.0. The smallest absolute Gasteiger partial charge is 0.475 e. The Hall–Kier alpha value is -3.60. The van der Waals surface area contributed by atoms with Crippen molar-refractivity contribution in [1.29, 1.82) is 0 Å². The predicted octanol–water partition coefficient (Wildman–Crippen LogP) is 3.36. The molecule has 0 unspecified atom stereocenters. The number of aliphatic carboxylic acids is 1. The molecule has 39 heavy (non-hydrogen) atoms. The second-order valence-electron chi connectivity index (χ2n) is 10.3. The molecule has 2 aromatic carbocycles. The predicted molar refractivity (Wildman–Crippen MR) is 139 cm³/mol. The Labute approximate surface area is 225 Å². The van der Waals surface area contributed by atoms with Gasteiger partial charge in [-0.25, -0.2) is 4.79 Å². The zero-order valence-electron chi connectivity index (χ0n) is 21.7. The first-order valence-electron chi connectivity index (χ1n) is 13.0. The Morgan fingerprint density at radius 3 is 2.21 bits per heavy atom. The second kappa shape index (κ2) is 11.6. The number of piperidine rings is 1. The third-order valence-corrected chi connectivity index (χ3v) is 7.61. The van der Waals surface area contributed by atoms with Gasteiger partial charge in [0, 0.05) is 37.3 Å². The van der Waals surface area contributed by atoms with Gasteiger partial charge in [0.25, 0.3) is 0 Å². The summed E-state index contributed by atoms with van der Waals surface area (Å²) in [5.41, 5.74) is 1.90. The Bertz CT molecular complexity index is 1150. The molecule has 3 fully saturated rings. The van der Waals surface area contributed by atoms with E-state index in [2.05, 4.69) is 51.6 Å². The summed E-state index contributed by atoms with van der Waals surface area (Å²) in [6, 6.07) is 20.6. The summed E-state index contributed by atoms with van der Waals surface area (Å²) < 4.78 is 31.7. The van der Waals surface area contributed by atoms with Crippen LogP contribution < -0.4 is 15.5 Å². The van der Waals surface area contributed by atoms with E-state index in [-0.39, 0.29) is 23.8 Å². The maximum atomic E-state index is 12.8. The summed E-state index contributed by atoms with van der Waals surface area (Å²) in [4.78, 5) is 39.0. The van der Waals surface area contributed by atoms with Crippen molar-refractivity contribution >= 4 is 23.5 Å². The number of carbonyl (C=O) groups is 3. The highest BCUT2D eigenvalue weighted by Crippen LogP contribution is 2.47. The molecule has 5 rings (SSSR count). The van der Waals surface area contributed by atoms with Crippen LogP contribution in [0.15, 0.2) is 60.7 Å². The van der Waals surface area contributed by atoms with Gasteiger partial charge in [-0.2, -0.15) is 13.2 Å². The van der Waals surface area contributed by atoms with Gasteiger partial charge in [-0.1, -0.05) is 48.5 Å². The van der Waals surface area contributed by atoms with Crippen molar-refractivity contribution in [2.24, 2.45) is 5.92 Å². The highest BCUT2D eigenvalue weighted by atomic mass is 19.4. The molecular formula is C28H33F3N4O4. The van der Waals surface area contributed by atoms with E-state index in [1.807, 2.05) is 36.4 Å². The number of hydrogen-bond donors (Lipinski definition) is 3. The molecule has 1 spiro atoms. The number of carbonyl (C=O) groups excluding carboxylic acids is 2. The second-order valence-corrected chi connectivity index (χ2v) is 10.3. The highest BCUT2D eigenvalue weighted by molar-refractivity contribution is 5.93. The Kier molecular flexibility index (Phi) is 8.48. The van der Waals surface area contributed by atoms with E-state index in [4.69, 9.17) is 9.90 Å². The third-order valence-electron chi connectivity index (χ3n) is 7.61. The van der Waals surface area contributed by atoms with Crippen molar-refractivity contribution in [2.75, 3.05) is 31.2 Å². The molecule has 2 heterocycles. The van der Waals surface area contributed by atoms with Crippen LogP contribution in [0.1, 0.15) is 37.7 Å². The number of carboxylic acid groups (broad SMARTS) is 1. The van der Waals surface area contributed by atoms with Crippen LogP contribution in [0.25, 0.3) is 0 Å². The molecule has 0 radical (unpaired) electrons. The number of hydrogen-bond acceptors (Lipinski definition) is 5. The van der Waals surface area contributed by atoms with Crippen LogP contribution in [0, 0.1) is 5.92 Å². The molecule has 1 aliphatic carbocycles. The Morgan fingerprint density at radius 1 is 1.08 bits per heavy atom. The maximum Gasteiger partial charge on any atom is 0.490 e. The van der Waals surface area contributed by atoms with Gasteiger partial charge >= 0.3 is 12.1 Å². The molecule has 3 atom stereocenters. The number of rotatable bonds is 6. The van der Waals surface area contributed by atoms with E-state index in [1.54, 1.807) is 0 Å². The first-order chi connectivity index (χ1) is 18.5. The monoisotopic (exact) mass is 546 g/mol. The van der Waals surface area contributed by atoms with Gasteiger partial charge in [-0.05, 0) is 49.8 Å². The van der Waals surface area contributed by atoms with E-state index in [0.29, 0.717) is 12.6 Å². The van der Waals surface area contributed by atoms with Crippen LogP contribution in [0.4, 0.5) is 18.9 Å². The maximum absolute atomic E-state index is 12.8. The molecule has 1 saturated carbocycles. The van der Waals surface area contributed by atoms with Crippen LogP contribution in [0.5, 0.6) is 0 Å². The fourth-order valence-electron chi connectivity index (χ4n) is 5.47. The summed E-state index contributed by atoms with van der Waals surface area (Å²) in [5, 5.41) is 13.4. The summed E-state index contributed by atoms with van der Waals surface area (Å²) in [7, 11) is 0. The topological polar surface area (TPSA) is 102 Å². The molecule has 3 N–H and O–H groups in total. The lowest BCUT2D eigenvalue weighted by Gasteiger charge is -2.43. The minimum atomic E-state index is -5.08. The standard InChI is InChI=1S/C26H32N4O2.C2HF3O2/c1-19(28-24(31)23-16-22(23)20-8-4-2-5-9-20)17-29-14-12-26(13-15-29)25(32)27-18-30(26)21-10-6-3-7-11-21;3-2(4,5)1(6)7/h2-11,19,22-23H,12-18H2,1H3,(H,27,32)(H,28,31);(H,6,7)/t19-,22-,23+;/m0./s1. The highest BCUT2D eigenvalue weighted by Gasteiger charge is 2.50. The number of anilines is 1. The van der Waals surface area contributed by atoms with Gasteiger partial charge in [-0.15, -0.1) is 0 Å². The van der Waals surface area contributed by atoms with Crippen molar-refractivity contribution in [3.63, 3.8) is 0 Å². The minimum absolute atomic E-state index is 0.0937. The van der Waals surface area contributed by atoms with Gasteiger partial charge in [0.15, 0.2) is 0 Å². The lowest BCUT2D eigenvalue weighted by Crippen LogP contribution is -2.57. The van der Waals surface area contributed by atoms with E-state index in [9.17, 15) is 22.8 Å². The van der Waals surface area contributed by atoms with Crippen LogP contribution >= 0.6 is 0 Å². The average molecular weight is 547 g/mol. The molecule has 2 saturated heterocycles. The number of amides is 2. The molecule has 2 amide bonds. The van der Waals surface area contributed by atoms with Crippen molar-refractivity contribution in [3.05, 3.63) is 66.2 Å². The van der Waals surface area contributed by atoms with E-state index in [1.165, 1.54) is 5.56 Å². The van der Waals surface area contributed by atoms with E-state index in [0.717, 1.165) is 44.6 Å². The number of alkyl halides is 3. The number of nitrogens with one attached hydrogen (secondary N) is 2. The van der Waals surface area contributed by atoms with Crippen molar-refractivity contribution in [1.82, 2.24) is 15.5 Å². The van der Waals surface area contributed by atoms with Crippen molar-refractivity contribution < 1.29 is 32.7 Å². The molecule has 0 bridgehead atoms. The zero-order valence-corrected chi connectivity index (χ0v) is 21.7. The molecular weight excluding hydrogens is 513 g/mol. The number of carboxylic acids is 1. The molecule has 11 heteroatoms.